The normalized spacial score (nSPS) is 24.7. The topological polar surface area (TPSA) is 36.3 Å². The van der Waals surface area contributed by atoms with Gasteiger partial charge in [-0.1, -0.05) is 29.3 Å². The molecular formula is C11H19BrN2O. The zero-order chi connectivity index (χ0) is 11.1. The fraction of sp³-hybridized carbons (Fsp3) is 0.909. The van der Waals surface area contributed by atoms with E-state index in [4.69, 9.17) is 10.00 Å². The number of rotatable bonds is 5. The number of ether oxygens (including phenoxy) is 1. The number of halogens is 1. The molecule has 1 heterocycles. The quantitative estimate of drug-likeness (QED) is 0.720. The average Bonchev–Trinajstić information content (AvgIpc) is 2.29. The largest absolute Gasteiger partial charge is 0.361 e. The summed E-state index contributed by atoms with van der Waals surface area (Å²) in [5, 5.41) is 9.84. The van der Waals surface area contributed by atoms with Crippen LogP contribution in [0.2, 0.25) is 0 Å². The van der Waals surface area contributed by atoms with Crippen LogP contribution in [0.5, 0.6) is 0 Å². The first-order valence-electron chi connectivity index (χ1n) is 5.59. The van der Waals surface area contributed by atoms with Crippen LogP contribution in [0.15, 0.2) is 0 Å². The van der Waals surface area contributed by atoms with Gasteiger partial charge in [-0.2, -0.15) is 5.26 Å². The van der Waals surface area contributed by atoms with E-state index in [0.29, 0.717) is 12.5 Å². The molecule has 86 valence electrons. The molecule has 2 unspecified atom stereocenters. The Hall–Kier alpha value is -0.110. The lowest BCUT2D eigenvalue weighted by atomic mass is 10.1. The van der Waals surface area contributed by atoms with Gasteiger partial charge in [-0.25, -0.2) is 0 Å². The molecule has 0 bridgehead atoms. The molecule has 1 saturated heterocycles. The molecule has 0 saturated carbocycles. The fourth-order valence-electron chi connectivity index (χ4n) is 1.94. The summed E-state index contributed by atoms with van der Waals surface area (Å²) in [5.41, 5.74) is 0. The second-order valence-corrected chi connectivity index (χ2v) is 4.70. The van der Waals surface area contributed by atoms with Crippen molar-refractivity contribution in [3.63, 3.8) is 0 Å². The summed E-state index contributed by atoms with van der Waals surface area (Å²) in [6.07, 6.45) is 2.25. The molecule has 1 fully saturated rings. The van der Waals surface area contributed by atoms with Gasteiger partial charge in [0.1, 0.15) is 0 Å². The van der Waals surface area contributed by atoms with Gasteiger partial charge in [0.15, 0.2) is 6.10 Å². The van der Waals surface area contributed by atoms with Crippen LogP contribution < -0.4 is 0 Å². The highest BCUT2D eigenvalue weighted by molar-refractivity contribution is 9.09. The summed E-state index contributed by atoms with van der Waals surface area (Å²) in [5.74, 6) is 0.701. The van der Waals surface area contributed by atoms with Gasteiger partial charge in [-0.15, -0.1) is 0 Å². The molecule has 0 amide bonds. The Balaban J connectivity index is 2.33. The maximum Gasteiger partial charge on any atom is 0.156 e. The lowest BCUT2D eigenvalue weighted by Gasteiger charge is -2.32. The molecule has 4 heteroatoms. The molecule has 1 aliphatic heterocycles. The smallest absolute Gasteiger partial charge is 0.156 e. The van der Waals surface area contributed by atoms with E-state index in [1.807, 2.05) is 0 Å². The maximum atomic E-state index is 8.79. The Labute approximate surface area is 101 Å². The highest BCUT2D eigenvalue weighted by Crippen LogP contribution is 2.14. The van der Waals surface area contributed by atoms with Gasteiger partial charge in [0.25, 0.3) is 0 Å². The summed E-state index contributed by atoms with van der Waals surface area (Å²) in [7, 11) is 0. The zero-order valence-electron chi connectivity index (χ0n) is 9.29. The molecule has 3 nitrogen and oxygen atoms in total. The lowest BCUT2D eigenvalue weighted by Crippen LogP contribution is -2.44. The van der Waals surface area contributed by atoms with Crippen molar-refractivity contribution in [3.05, 3.63) is 0 Å². The van der Waals surface area contributed by atoms with Crippen LogP contribution in [-0.2, 0) is 4.74 Å². The first-order valence-corrected chi connectivity index (χ1v) is 6.71. The van der Waals surface area contributed by atoms with Crippen molar-refractivity contribution < 1.29 is 4.74 Å². The van der Waals surface area contributed by atoms with E-state index in [9.17, 15) is 0 Å². The van der Waals surface area contributed by atoms with Crippen LogP contribution in [0.4, 0.5) is 0 Å². The predicted molar refractivity (Wildman–Crippen MR) is 64.0 cm³/mol. The Morgan fingerprint density at radius 1 is 1.67 bits per heavy atom. The molecule has 0 spiro atoms. The maximum absolute atomic E-state index is 8.79. The molecule has 1 rings (SSSR count). The average molecular weight is 275 g/mol. The van der Waals surface area contributed by atoms with E-state index in [1.54, 1.807) is 0 Å². The van der Waals surface area contributed by atoms with Crippen LogP contribution in [-0.4, -0.2) is 42.6 Å². The third-order valence-electron chi connectivity index (χ3n) is 2.73. The van der Waals surface area contributed by atoms with Crippen LogP contribution in [0.25, 0.3) is 0 Å². The van der Waals surface area contributed by atoms with E-state index >= 15 is 0 Å². The summed E-state index contributed by atoms with van der Waals surface area (Å²) in [6, 6.07) is 2.18. The van der Waals surface area contributed by atoms with E-state index < -0.39 is 0 Å². The molecule has 0 aromatic heterocycles. The van der Waals surface area contributed by atoms with Crippen molar-refractivity contribution in [2.75, 3.05) is 31.6 Å². The lowest BCUT2D eigenvalue weighted by molar-refractivity contribution is -0.00427. The van der Waals surface area contributed by atoms with Gasteiger partial charge >= 0.3 is 0 Å². The van der Waals surface area contributed by atoms with Crippen molar-refractivity contribution in [1.29, 1.82) is 5.26 Å². The molecular weight excluding hydrogens is 256 g/mol. The van der Waals surface area contributed by atoms with Crippen molar-refractivity contribution >= 4 is 15.9 Å². The number of nitriles is 1. The molecule has 15 heavy (non-hydrogen) atoms. The van der Waals surface area contributed by atoms with Crippen LogP contribution >= 0.6 is 15.9 Å². The molecule has 0 aromatic carbocycles. The van der Waals surface area contributed by atoms with Gasteiger partial charge < -0.3 is 4.74 Å². The standard InChI is InChI=1S/C11H19BrN2O/c1-2-3-10(6-12)8-14-4-5-15-11(7-13)9-14/h10-11H,2-6,8-9H2,1H3. The van der Waals surface area contributed by atoms with E-state index in [2.05, 4.69) is 33.8 Å². The SMILES string of the molecule is CCCC(CBr)CN1CCOC(C#N)C1. The van der Waals surface area contributed by atoms with Gasteiger partial charge in [-0.05, 0) is 12.3 Å². The van der Waals surface area contributed by atoms with Crippen molar-refractivity contribution in [2.45, 2.75) is 25.9 Å². The van der Waals surface area contributed by atoms with Crippen LogP contribution in [0.3, 0.4) is 0 Å². The Morgan fingerprint density at radius 3 is 3.07 bits per heavy atom. The summed E-state index contributed by atoms with van der Waals surface area (Å²) in [6.45, 7) is 5.72. The fourth-order valence-corrected chi connectivity index (χ4v) is 2.47. The number of nitrogens with zero attached hydrogens (tertiary/aromatic N) is 2. The van der Waals surface area contributed by atoms with Crippen molar-refractivity contribution in [1.82, 2.24) is 4.90 Å². The molecule has 0 aliphatic carbocycles. The van der Waals surface area contributed by atoms with E-state index in [0.717, 1.165) is 25.0 Å². The van der Waals surface area contributed by atoms with Crippen molar-refractivity contribution in [2.24, 2.45) is 5.92 Å². The van der Waals surface area contributed by atoms with E-state index in [-0.39, 0.29) is 6.10 Å². The molecule has 0 aromatic rings. The van der Waals surface area contributed by atoms with E-state index in [1.165, 1.54) is 12.8 Å². The highest BCUT2D eigenvalue weighted by atomic mass is 79.9. The minimum Gasteiger partial charge on any atom is -0.361 e. The number of morpholine rings is 1. The monoisotopic (exact) mass is 274 g/mol. The minimum atomic E-state index is -0.226. The summed E-state index contributed by atoms with van der Waals surface area (Å²) >= 11 is 3.55. The second kappa shape index (κ2) is 7.21. The zero-order valence-corrected chi connectivity index (χ0v) is 10.9. The Bertz CT molecular complexity index is 217. The minimum absolute atomic E-state index is 0.226. The van der Waals surface area contributed by atoms with Crippen LogP contribution in [0, 0.1) is 17.2 Å². The Morgan fingerprint density at radius 2 is 2.47 bits per heavy atom. The second-order valence-electron chi connectivity index (χ2n) is 4.06. The highest BCUT2D eigenvalue weighted by Gasteiger charge is 2.21. The third-order valence-corrected chi connectivity index (χ3v) is 3.64. The van der Waals surface area contributed by atoms with Gasteiger partial charge in [0.2, 0.25) is 0 Å². The summed E-state index contributed by atoms with van der Waals surface area (Å²) < 4.78 is 5.32. The first-order chi connectivity index (χ1) is 7.30. The van der Waals surface area contributed by atoms with Gasteiger partial charge in [0.05, 0.1) is 12.7 Å². The molecule has 2 atom stereocenters. The molecule has 1 aliphatic rings. The molecule has 0 radical (unpaired) electrons. The van der Waals surface area contributed by atoms with Gasteiger partial charge in [0, 0.05) is 25.0 Å². The predicted octanol–water partition coefficient (Wildman–Crippen LogP) is 2.02. The van der Waals surface area contributed by atoms with Crippen LogP contribution in [0.1, 0.15) is 19.8 Å². The number of hydrogen-bond acceptors (Lipinski definition) is 3. The van der Waals surface area contributed by atoms with Gasteiger partial charge in [-0.3, -0.25) is 4.90 Å². The Kier molecular flexibility index (Phi) is 6.23. The van der Waals surface area contributed by atoms with Crippen molar-refractivity contribution in [3.8, 4) is 6.07 Å². The number of hydrogen-bond donors (Lipinski definition) is 0. The molecule has 0 N–H and O–H groups in total. The first kappa shape index (κ1) is 13.0. The third kappa shape index (κ3) is 4.50. The summed E-state index contributed by atoms with van der Waals surface area (Å²) in [4.78, 5) is 2.35. The number of alkyl halides is 1.